The molecule has 106 valence electrons. The van der Waals surface area contributed by atoms with E-state index in [1.165, 1.54) is 24.3 Å². The summed E-state index contributed by atoms with van der Waals surface area (Å²) >= 11 is 0. The van der Waals surface area contributed by atoms with Crippen LogP contribution in [0.1, 0.15) is 11.6 Å². The van der Waals surface area contributed by atoms with Crippen molar-refractivity contribution in [2.45, 2.75) is 12.1 Å². The third-order valence-corrected chi connectivity index (χ3v) is 2.74. The van der Waals surface area contributed by atoms with Crippen molar-refractivity contribution in [3.63, 3.8) is 0 Å². The zero-order valence-electron chi connectivity index (χ0n) is 11.0. The van der Waals surface area contributed by atoms with Gasteiger partial charge in [0.1, 0.15) is 11.9 Å². The molecule has 1 rings (SSSR count). The van der Waals surface area contributed by atoms with Crippen LogP contribution in [-0.4, -0.2) is 54.4 Å². The molecule has 0 bridgehead atoms. The number of benzene rings is 1. The zero-order valence-corrected chi connectivity index (χ0v) is 11.0. The van der Waals surface area contributed by atoms with Gasteiger partial charge in [0.2, 0.25) is 5.91 Å². The lowest BCUT2D eigenvalue weighted by Gasteiger charge is -2.25. The van der Waals surface area contributed by atoms with Crippen molar-refractivity contribution in [1.82, 2.24) is 10.2 Å². The summed E-state index contributed by atoms with van der Waals surface area (Å²) in [6.45, 7) is -0.683. The molecule has 0 radical (unpaired) electrons. The number of aliphatic hydroxyl groups excluding tert-OH is 2. The molecule has 0 aromatic heterocycles. The number of halogens is 1. The van der Waals surface area contributed by atoms with Crippen LogP contribution in [0.3, 0.4) is 0 Å². The molecule has 0 aliphatic rings. The summed E-state index contributed by atoms with van der Waals surface area (Å²) in [5.41, 5.74) is 0.638. The lowest BCUT2D eigenvalue weighted by atomic mass is 10.0. The van der Waals surface area contributed by atoms with Crippen molar-refractivity contribution in [2.75, 3.05) is 27.3 Å². The van der Waals surface area contributed by atoms with Crippen LogP contribution < -0.4 is 5.32 Å². The van der Waals surface area contributed by atoms with Crippen LogP contribution >= 0.6 is 0 Å². The molecular weight excluding hydrogens is 251 g/mol. The minimum Gasteiger partial charge on any atom is -0.394 e. The number of nitrogens with zero attached hydrogens (tertiary/aromatic N) is 1. The first-order valence-electron chi connectivity index (χ1n) is 5.93. The molecule has 1 amide bonds. The summed E-state index contributed by atoms with van der Waals surface area (Å²) in [5.74, 6) is -0.727. The van der Waals surface area contributed by atoms with Gasteiger partial charge in [-0.1, -0.05) is 12.1 Å². The van der Waals surface area contributed by atoms with Gasteiger partial charge in [0, 0.05) is 0 Å². The molecule has 1 aromatic carbocycles. The highest BCUT2D eigenvalue weighted by Crippen LogP contribution is 2.19. The Balaban J connectivity index is 2.88. The molecule has 0 fully saturated rings. The number of aliphatic hydroxyl groups is 2. The maximum atomic E-state index is 12.9. The second-order valence-corrected chi connectivity index (χ2v) is 4.49. The molecule has 0 spiro atoms. The Morgan fingerprint density at radius 3 is 2.21 bits per heavy atom. The van der Waals surface area contributed by atoms with Crippen LogP contribution in [-0.2, 0) is 4.79 Å². The van der Waals surface area contributed by atoms with Crippen LogP contribution in [0.5, 0.6) is 0 Å². The van der Waals surface area contributed by atoms with Gasteiger partial charge in [-0.25, -0.2) is 4.39 Å². The number of rotatable bonds is 6. The van der Waals surface area contributed by atoms with E-state index in [0.29, 0.717) is 5.56 Å². The molecule has 1 atom stereocenters. The maximum Gasteiger partial charge on any atom is 0.242 e. The Morgan fingerprint density at radius 1 is 1.26 bits per heavy atom. The van der Waals surface area contributed by atoms with Crippen molar-refractivity contribution in [1.29, 1.82) is 0 Å². The fourth-order valence-electron chi connectivity index (χ4n) is 1.76. The Bertz CT molecular complexity index is 405. The molecule has 0 unspecified atom stereocenters. The number of hydrogen-bond acceptors (Lipinski definition) is 4. The largest absolute Gasteiger partial charge is 0.394 e. The Morgan fingerprint density at radius 2 is 1.79 bits per heavy atom. The summed E-state index contributed by atoms with van der Waals surface area (Å²) in [6.07, 6.45) is 0. The van der Waals surface area contributed by atoms with E-state index in [1.807, 2.05) is 0 Å². The van der Waals surface area contributed by atoms with E-state index in [4.69, 9.17) is 10.2 Å². The lowest BCUT2D eigenvalue weighted by molar-refractivity contribution is -0.127. The zero-order chi connectivity index (χ0) is 14.4. The second kappa shape index (κ2) is 7.18. The fraction of sp³-hybridized carbons (Fsp3) is 0.462. The van der Waals surface area contributed by atoms with Gasteiger partial charge in [-0.2, -0.15) is 0 Å². The molecule has 1 aromatic rings. The van der Waals surface area contributed by atoms with Gasteiger partial charge < -0.3 is 15.5 Å². The van der Waals surface area contributed by atoms with E-state index >= 15 is 0 Å². The van der Waals surface area contributed by atoms with Crippen LogP contribution in [0.2, 0.25) is 0 Å². The van der Waals surface area contributed by atoms with Gasteiger partial charge in [-0.3, -0.25) is 9.69 Å². The number of amides is 1. The minimum atomic E-state index is -0.699. The maximum absolute atomic E-state index is 12.9. The Kier molecular flexibility index (Phi) is 5.88. The summed E-state index contributed by atoms with van der Waals surface area (Å²) in [7, 11) is 3.45. The molecule has 0 aliphatic heterocycles. The molecule has 0 aliphatic carbocycles. The first-order valence-corrected chi connectivity index (χ1v) is 5.93. The van der Waals surface area contributed by atoms with Crippen molar-refractivity contribution in [2.24, 2.45) is 0 Å². The molecule has 0 saturated carbocycles. The van der Waals surface area contributed by atoms with Gasteiger partial charge in [0.05, 0.1) is 19.3 Å². The van der Waals surface area contributed by atoms with E-state index < -0.39 is 12.1 Å². The fourth-order valence-corrected chi connectivity index (χ4v) is 1.76. The molecular formula is C13H19FN2O3. The van der Waals surface area contributed by atoms with E-state index in [-0.39, 0.29) is 24.9 Å². The number of hydrogen-bond donors (Lipinski definition) is 3. The first kappa shape index (κ1) is 15.6. The smallest absolute Gasteiger partial charge is 0.242 e. The van der Waals surface area contributed by atoms with Gasteiger partial charge in [-0.05, 0) is 31.8 Å². The Hall–Kier alpha value is -1.50. The average Bonchev–Trinajstić information content (AvgIpc) is 2.38. The van der Waals surface area contributed by atoms with Crippen molar-refractivity contribution >= 4 is 5.91 Å². The molecule has 0 saturated heterocycles. The highest BCUT2D eigenvalue weighted by molar-refractivity contribution is 5.83. The van der Waals surface area contributed by atoms with E-state index in [2.05, 4.69) is 5.32 Å². The van der Waals surface area contributed by atoms with Gasteiger partial charge in [0.15, 0.2) is 0 Å². The van der Waals surface area contributed by atoms with Gasteiger partial charge in [0.25, 0.3) is 0 Å². The predicted octanol–water partition coefficient (Wildman–Crippen LogP) is -0.102. The summed E-state index contributed by atoms with van der Waals surface area (Å²) in [4.78, 5) is 13.8. The summed E-state index contributed by atoms with van der Waals surface area (Å²) in [6, 6.07) is 4.33. The number of carbonyl (C=O) groups is 1. The van der Waals surface area contributed by atoms with Gasteiger partial charge in [-0.15, -0.1) is 0 Å². The average molecular weight is 270 g/mol. The van der Waals surface area contributed by atoms with Gasteiger partial charge >= 0.3 is 0 Å². The second-order valence-electron chi connectivity index (χ2n) is 4.49. The lowest BCUT2D eigenvalue weighted by Crippen LogP contribution is -2.45. The topological polar surface area (TPSA) is 72.8 Å². The molecule has 3 N–H and O–H groups in total. The Labute approximate surface area is 111 Å². The molecule has 6 heteroatoms. The normalized spacial score (nSPS) is 12.8. The standard InChI is InChI=1S/C13H19FN2O3/c1-16(2)12(9-3-5-10(14)6-4-9)13(19)15-11(7-17)8-18/h3-6,11-12,17-18H,7-8H2,1-2H3,(H,15,19)/t12-/m0/s1. The van der Waals surface area contributed by atoms with Crippen LogP contribution in [0, 0.1) is 5.82 Å². The SMILES string of the molecule is CN(C)[C@H](C(=O)NC(CO)CO)c1ccc(F)cc1. The highest BCUT2D eigenvalue weighted by Gasteiger charge is 2.24. The third kappa shape index (κ3) is 4.27. The van der Waals surface area contributed by atoms with E-state index in [9.17, 15) is 9.18 Å². The monoisotopic (exact) mass is 270 g/mol. The molecule has 19 heavy (non-hydrogen) atoms. The van der Waals surface area contributed by atoms with Crippen molar-refractivity contribution < 1.29 is 19.4 Å². The predicted molar refractivity (Wildman–Crippen MR) is 68.9 cm³/mol. The number of likely N-dealkylation sites (N-methyl/N-ethyl adjacent to an activating group) is 1. The molecule has 5 nitrogen and oxygen atoms in total. The van der Waals surface area contributed by atoms with Crippen LogP contribution in [0.15, 0.2) is 24.3 Å². The third-order valence-electron chi connectivity index (χ3n) is 2.74. The van der Waals surface area contributed by atoms with Crippen LogP contribution in [0.25, 0.3) is 0 Å². The summed E-state index contributed by atoms with van der Waals surface area (Å²) < 4.78 is 12.9. The number of carbonyl (C=O) groups excluding carboxylic acids is 1. The summed E-state index contributed by atoms with van der Waals surface area (Å²) in [5, 5.41) is 20.5. The molecule has 0 heterocycles. The minimum absolute atomic E-state index is 0.341. The highest BCUT2D eigenvalue weighted by atomic mass is 19.1. The van der Waals surface area contributed by atoms with E-state index in [0.717, 1.165) is 0 Å². The quantitative estimate of drug-likeness (QED) is 0.675. The van der Waals surface area contributed by atoms with Crippen LogP contribution in [0.4, 0.5) is 4.39 Å². The van der Waals surface area contributed by atoms with Crippen molar-refractivity contribution in [3.8, 4) is 0 Å². The number of nitrogens with one attached hydrogen (secondary N) is 1. The van der Waals surface area contributed by atoms with E-state index in [1.54, 1.807) is 19.0 Å². The first-order chi connectivity index (χ1) is 8.99. The van der Waals surface area contributed by atoms with Crippen molar-refractivity contribution in [3.05, 3.63) is 35.6 Å².